The van der Waals surface area contributed by atoms with Crippen molar-refractivity contribution in [1.82, 2.24) is 4.98 Å². The summed E-state index contributed by atoms with van der Waals surface area (Å²) in [7, 11) is 0. The molecule has 1 rings (SSSR count). The lowest BCUT2D eigenvalue weighted by Gasteiger charge is -2.11. The molecule has 0 fully saturated rings. The lowest BCUT2D eigenvalue weighted by Crippen LogP contribution is -2.10. The maximum atomic E-state index is 12.3. The zero-order valence-electron chi connectivity index (χ0n) is 7.36. The zero-order chi connectivity index (χ0) is 12.5. The first-order chi connectivity index (χ1) is 7.27. The summed E-state index contributed by atoms with van der Waals surface area (Å²) in [6.07, 6.45) is -8.14. The largest absolute Gasteiger partial charge is 0.419 e. The molecule has 0 spiro atoms. The number of carbonyl (C=O) groups excluding carboxylic acids is 1. The summed E-state index contributed by atoms with van der Waals surface area (Å²) in [5, 5.41) is -1.10. The van der Waals surface area contributed by atoms with Crippen molar-refractivity contribution in [3.63, 3.8) is 0 Å². The van der Waals surface area contributed by atoms with Crippen molar-refractivity contribution in [3.8, 4) is 0 Å². The van der Waals surface area contributed by atoms with E-state index in [1.807, 2.05) is 0 Å². The van der Waals surface area contributed by atoms with Crippen molar-refractivity contribution in [3.05, 3.63) is 28.0 Å². The van der Waals surface area contributed by atoms with Gasteiger partial charge in [0.05, 0.1) is 5.56 Å². The zero-order valence-corrected chi connectivity index (χ0v) is 8.11. The summed E-state index contributed by atoms with van der Waals surface area (Å²) in [5.74, 6) is 0. The first-order valence-electron chi connectivity index (χ1n) is 3.78. The van der Waals surface area contributed by atoms with E-state index in [4.69, 9.17) is 11.6 Å². The Balaban J connectivity index is 3.43. The summed E-state index contributed by atoms with van der Waals surface area (Å²) in [5.41, 5.74) is -3.31. The van der Waals surface area contributed by atoms with Gasteiger partial charge in [-0.2, -0.15) is 13.2 Å². The van der Waals surface area contributed by atoms with Gasteiger partial charge in [-0.3, -0.25) is 4.79 Å². The molecule has 0 N–H and O–H groups in total. The topological polar surface area (TPSA) is 30.0 Å². The van der Waals surface area contributed by atoms with Crippen molar-refractivity contribution in [2.24, 2.45) is 0 Å². The molecule has 0 atom stereocenters. The number of pyridine rings is 1. The van der Waals surface area contributed by atoms with Crippen LogP contribution in [0.25, 0.3) is 0 Å². The van der Waals surface area contributed by atoms with Gasteiger partial charge >= 0.3 is 6.18 Å². The van der Waals surface area contributed by atoms with E-state index in [-0.39, 0.29) is 12.4 Å². The van der Waals surface area contributed by atoms with Crippen LogP contribution in [-0.2, 0) is 6.18 Å². The van der Waals surface area contributed by atoms with Crippen LogP contribution in [0.5, 0.6) is 0 Å². The third-order valence-electron chi connectivity index (χ3n) is 1.68. The number of carbonyl (C=O) groups is 1. The first kappa shape index (κ1) is 12.8. The fourth-order valence-corrected chi connectivity index (χ4v) is 1.24. The number of halogens is 6. The Kier molecular flexibility index (Phi) is 3.47. The average Bonchev–Trinajstić information content (AvgIpc) is 2.15. The van der Waals surface area contributed by atoms with Gasteiger partial charge in [0.15, 0.2) is 6.29 Å². The normalized spacial score (nSPS) is 11.9. The highest BCUT2D eigenvalue weighted by molar-refractivity contribution is 6.30. The van der Waals surface area contributed by atoms with Crippen LogP contribution < -0.4 is 0 Å². The maximum absolute atomic E-state index is 12.3. The Labute approximate surface area is 91.0 Å². The second-order valence-corrected chi connectivity index (χ2v) is 3.08. The van der Waals surface area contributed by atoms with Crippen LogP contribution in [0.1, 0.15) is 28.0 Å². The molecule has 1 aromatic heterocycles. The number of alkyl halides is 5. The van der Waals surface area contributed by atoms with E-state index in [0.29, 0.717) is 0 Å². The highest BCUT2D eigenvalue weighted by atomic mass is 35.5. The molecule has 0 aliphatic heterocycles. The SMILES string of the molecule is O=Cc1cc(C(F)(F)F)c(Cl)nc1C(F)F. The Bertz CT molecular complexity index is 418. The molecule has 0 unspecified atom stereocenters. The fourth-order valence-electron chi connectivity index (χ4n) is 0.987. The van der Waals surface area contributed by atoms with Gasteiger partial charge in [0.2, 0.25) is 0 Å². The smallest absolute Gasteiger partial charge is 0.298 e. The van der Waals surface area contributed by atoms with Gasteiger partial charge in [0.25, 0.3) is 6.43 Å². The number of hydrogen-bond donors (Lipinski definition) is 0. The molecular weight excluding hydrogens is 257 g/mol. The molecule has 0 saturated carbocycles. The lowest BCUT2D eigenvalue weighted by atomic mass is 10.1. The number of rotatable bonds is 2. The highest BCUT2D eigenvalue weighted by Gasteiger charge is 2.35. The van der Waals surface area contributed by atoms with Gasteiger partial charge in [-0.25, -0.2) is 13.8 Å². The molecule has 8 heteroatoms. The predicted molar refractivity (Wildman–Crippen MR) is 44.6 cm³/mol. The maximum Gasteiger partial charge on any atom is 0.419 e. The van der Waals surface area contributed by atoms with Gasteiger partial charge < -0.3 is 0 Å². The summed E-state index contributed by atoms with van der Waals surface area (Å²) < 4.78 is 61.3. The third-order valence-corrected chi connectivity index (χ3v) is 1.96. The van der Waals surface area contributed by atoms with Crippen LogP contribution >= 0.6 is 11.6 Å². The van der Waals surface area contributed by atoms with E-state index in [2.05, 4.69) is 4.98 Å². The standard InChI is InChI=1S/C8H3ClF5NO/c9-6-4(8(12,13)14)1-3(2-16)5(15-6)7(10)11/h1-2,7H. The fraction of sp³-hybridized carbons (Fsp3) is 0.250. The third kappa shape index (κ3) is 2.46. The van der Waals surface area contributed by atoms with Crippen LogP contribution in [0.15, 0.2) is 6.07 Å². The van der Waals surface area contributed by atoms with Gasteiger partial charge in [-0.1, -0.05) is 11.6 Å². The molecule has 0 radical (unpaired) electrons. The molecule has 0 bridgehead atoms. The van der Waals surface area contributed by atoms with Crippen LogP contribution in [0, 0.1) is 0 Å². The molecular formula is C8H3ClF5NO. The van der Waals surface area contributed by atoms with E-state index in [0.717, 1.165) is 0 Å². The van der Waals surface area contributed by atoms with Crippen molar-refractivity contribution < 1.29 is 26.7 Å². The quantitative estimate of drug-likeness (QED) is 0.462. The minimum atomic E-state index is -4.84. The van der Waals surface area contributed by atoms with E-state index >= 15 is 0 Å². The van der Waals surface area contributed by atoms with Crippen LogP contribution in [0.3, 0.4) is 0 Å². The van der Waals surface area contributed by atoms with Crippen molar-refractivity contribution in [2.45, 2.75) is 12.6 Å². The van der Waals surface area contributed by atoms with Crippen LogP contribution in [0.4, 0.5) is 22.0 Å². The molecule has 0 aliphatic rings. The van der Waals surface area contributed by atoms with E-state index in [1.54, 1.807) is 0 Å². The van der Waals surface area contributed by atoms with Gasteiger partial charge in [0, 0.05) is 5.56 Å². The highest BCUT2D eigenvalue weighted by Crippen LogP contribution is 2.35. The summed E-state index contributed by atoms with van der Waals surface area (Å²) in [4.78, 5) is 13.2. The predicted octanol–water partition coefficient (Wildman–Crippen LogP) is 3.50. The monoisotopic (exact) mass is 259 g/mol. The second-order valence-electron chi connectivity index (χ2n) is 2.72. The van der Waals surface area contributed by atoms with Gasteiger partial charge in [-0.15, -0.1) is 0 Å². The number of aromatic nitrogens is 1. The summed E-state index contributed by atoms with van der Waals surface area (Å²) in [6.45, 7) is 0. The van der Waals surface area contributed by atoms with Crippen LogP contribution in [-0.4, -0.2) is 11.3 Å². The minimum Gasteiger partial charge on any atom is -0.298 e. The van der Waals surface area contributed by atoms with Crippen molar-refractivity contribution in [2.75, 3.05) is 0 Å². The van der Waals surface area contributed by atoms with E-state index < -0.39 is 34.6 Å². The minimum absolute atomic E-state index is 0.125. The number of nitrogens with zero attached hydrogens (tertiary/aromatic N) is 1. The summed E-state index contributed by atoms with van der Waals surface area (Å²) >= 11 is 5.11. The molecule has 88 valence electrons. The molecule has 1 heterocycles. The molecule has 1 aromatic rings. The van der Waals surface area contributed by atoms with E-state index in [9.17, 15) is 26.7 Å². The van der Waals surface area contributed by atoms with Crippen molar-refractivity contribution >= 4 is 17.9 Å². The molecule has 0 aliphatic carbocycles. The molecule has 2 nitrogen and oxygen atoms in total. The molecule has 0 amide bonds. The van der Waals surface area contributed by atoms with E-state index in [1.165, 1.54) is 0 Å². The first-order valence-corrected chi connectivity index (χ1v) is 4.16. The Morgan fingerprint density at radius 3 is 2.31 bits per heavy atom. The molecule has 0 aromatic carbocycles. The lowest BCUT2D eigenvalue weighted by molar-refractivity contribution is -0.137. The molecule has 0 saturated heterocycles. The Morgan fingerprint density at radius 2 is 1.94 bits per heavy atom. The Morgan fingerprint density at radius 1 is 1.38 bits per heavy atom. The summed E-state index contributed by atoms with van der Waals surface area (Å²) in [6, 6.07) is 0.254. The Hall–Kier alpha value is -1.24. The van der Waals surface area contributed by atoms with Crippen LogP contribution in [0.2, 0.25) is 5.15 Å². The van der Waals surface area contributed by atoms with Gasteiger partial charge in [-0.05, 0) is 6.07 Å². The second kappa shape index (κ2) is 4.32. The average molecular weight is 260 g/mol. The number of hydrogen-bond acceptors (Lipinski definition) is 2. The van der Waals surface area contributed by atoms with Gasteiger partial charge in [0.1, 0.15) is 10.8 Å². The number of aldehydes is 1. The molecule has 16 heavy (non-hydrogen) atoms. The van der Waals surface area contributed by atoms with Crippen molar-refractivity contribution in [1.29, 1.82) is 0 Å².